The van der Waals surface area contributed by atoms with E-state index in [1.165, 1.54) is 7.11 Å². The first kappa shape index (κ1) is 13.1. The summed E-state index contributed by atoms with van der Waals surface area (Å²) in [4.78, 5) is 23.8. The van der Waals surface area contributed by atoms with Gasteiger partial charge in [-0.1, -0.05) is 0 Å². The highest BCUT2D eigenvalue weighted by Crippen LogP contribution is 2.30. The number of Topliss-reactive ketones (excluding diaryl/α,β-unsaturated/α-hetero) is 1. The van der Waals surface area contributed by atoms with Crippen LogP contribution >= 0.6 is 0 Å². The minimum Gasteiger partial charge on any atom is -0.465 e. The molecule has 1 heterocycles. The van der Waals surface area contributed by atoms with E-state index in [1.807, 2.05) is 0 Å². The maximum Gasteiger partial charge on any atom is 0.322 e. The monoisotopic (exact) mass is 230 g/mol. The average molecular weight is 230 g/mol. The Morgan fingerprint density at radius 1 is 1.56 bits per heavy atom. The molecule has 0 spiro atoms. The zero-order valence-electron chi connectivity index (χ0n) is 9.78. The highest BCUT2D eigenvalue weighted by molar-refractivity contribution is 6.04. The smallest absolute Gasteiger partial charge is 0.322 e. The summed E-state index contributed by atoms with van der Waals surface area (Å²) in [5.74, 6) is -0.592. The van der Waals surface area contributed by atoms with E-state index in [0.717, 1.165) is 0 Å². The quantitative estimate of drug-likeness (QED) is 0.510. The zero-order valence-corrected chi connectivity index (χ0v) is 9.78. The minimum atomic E-state index is -1.15. The lowest BCUT2D eigenvalue weighted by Gasteiger charge is -2.32. The molecule has 0 aliphatic carbocycles. The number of carbonyl (C=O) groups excluding carboxylic acids is 2. The highest BCUT2D eigenvalue weighted by Gasteiger charge is 2.48. The Kier molecular flexibility index (Phi) is 4.89. The molecule has 0 aromatic heterocycles. The molecule has 1 saturated heterocycles. The average Bonchev–Trinajstić information content (AvgIpc) is 2.28. The van der Waals surface area contributed by atoms with Crippen LogP contribution in [-0.2, 0) is 23.8 Å². The largest absolute Gasteiger partial charge is 0.465 e. The van der Waals surface area contributed by atoms with E-state index in [2.05, 4.69) is 0 Å². The summed E-state index contributed by atoms with van der Waals surface area (Å²) in [5, 5.41) is 0. The van der Waals surface area contributed by atoms with Crippen molar-refractivity contribution in [1.29, 1.82) is 0 Å². The molecule has 1 aliphatic heterocycles. The highest BCUT2D eigenvalue weighted by atomic mass is 16.5. The van der Waals surface area contributed by atoms with Gasteiger partial charge in [-0.25, -0.2) is 0 Å². The molecule has 5 nitrogen and oxygen atoms in total. The van der Waals surface area contributed by atoms with Crippen LogP contribution in [0.3, 0.4) is 0 Å². The molecule has 0 bridgehead atoms. The number of rotatable bonds is 5. The van der Waals surface area contributed by atoms with Crippen molar-refractivity contribution >= 4 is 11.8 Å². The van der Waals surface area contributed by atoms with Gasteiger partial charge in [-0.15, -0.1) is 0 Å². The fraction of sp³-hybridized carbons (Fsp3) is 0.818. The van der Waals surface area contributed by atoms with Crippen LogP contribution in [0.25, 0.3) is 0 Å². The topological polar surface area (TPSA) is 61.8 Å². The number of hydrogen-bond donors (Lipinski definition) is 0. The van der Waals surface area contributed by atoms with Crippen molar-refractivity contribution in [2.75, 3.05) is 33.5 Å². The maximum atomic E-state index is 11.9. The van der Waals surface area contributed by atoms with Gasteiger partial charge in [0.1, 0.15) is 0 Å². The standard InChI is InChI=1S/C11H18O5/c1-3-16-10(13)11(5-7-14-2)8-15-6-4-9(11)12/h3-8H2,1-2H3. The van der Waals surface area contributed by atoms with Crippen molar-refractivity contribution in [1.82, 2.24) is 0 Å². The molecule has 0 N–H and O–H groups in total. The minimum absolute atomic E-state index is 0.103. The number of carbonyl (C=O) groups is 2. The molecule has 0 aromatic rings. The van der Waals surface area contributed by atoms with E-state index in [1.54, 1.807) is 6.92 Å². The third kappa shape index (κ3) is 2.59. The fourth-order valence-electron chi connectivity index (χ4n) is 1.76. The second-order valence-corrected chi connectivity index (χ2v) is 3.77. The van der Waals surface area contributed by atoms with Crippen LogP contribution in [0.5, 0.6) is 0 Å². The van der Waals surface area contributed by atoms with Gasteiger partial charge in [-0.05, 0) is 13.3 Å². The van der Waals surface area contributed by atoms with Crippen LogP contribution in [0.2, 0.25) is 0 Å². The van der Waals surface area contributed by atoms with Gasteiger partial charge < -0.3 is 14.2 Å². The van der Waals surface area contributed by atoms with Gasteiger partial charge in [0.05, 0.1) is 19.8 Å². The van der Waals surface area contributed by atoms with E-state index >= 15 is 0 Å². The zero-order chi connectivity index (χ0) is 12.0. The van der Waals surface area contributed by atoms with Crippen LogP contribution in [0, 0.1) is 5.41 Å². The molecule has 1 unspecified atom stereocenters. The number of ketones is 1. The van der Waals surface area contributed by atoms with Crippen molar-refractivity contribution in [3.05, 3.63) is 0 Å². The first-order valence-electron chi connectivity index (χ1n) is 5.44. The van der Waals surface area contributed by atoms with E-state index in [0.29, 0.717) is 19.6 Å². The fourth-order valence-corrected chi connectivity index (χ4v) is 1.76. The van der Waals surface area contributed by atoms with Crippen LogP contribution < -0.4 is 0 Å². The van der Waals surface area contributed by atoms with Crippen molar-refractivity contribution < 1.29 is 23.8 Å². The van der Waals surface area contributed by atoms with Crippen LogP contribution in [-0.4, -0.2) is 45.3 Å². The SMILES string of the molecule is CCOC(=O)C1(CCOC)COCCC1=O. The third-order valence-corrected chi connectivity index (χ3v) is 2.75. The molecule has 92 valence electrons. The number of ether oxygens (including phenoxy) is 3. The molecule has 0 amide bonds. The van der Waals surface area contributed by atoms with Gasteiger partial charge in [0.2, 0.25) is 0 Å². The summed E-state index contributed by atoms with van der Waals surface area (Å²) in [6.07, 6.45) is 0.587. The normalized spacial score (nSPS) is 25.5. The Balaban J connectivity index is 2.81. The van der Waals surface area contributed by atoms with Gasteiger partial charge >= 0.3 is 5.97 Å². The summed E-state index contributed by atoms with van der Waals surface area (Å²) >= 11 is 0. The lowest BCUT2D eigenvalue weighted by Crippen LogP contribution is -2.48. The molecule has 0 radical (unpaired) electrons. The van der Waals surface area contributed by atoms with Gasteiger partial charge in [0.15, 0.2) is 11.2 Å². The summed E-state index contributed by atoms with van der Waals surface area (Å²) in [6, 6.07) is 0. The Bertz CT molecular complexity index is 263. The second kappa shape index (κ2) is 5.96. The van der Waals surface area contributed by atoms with Crippen molar-refractivity contribution in [3.63, 3.8) is 0 Å². The maximum absolute atomic E-state index is 11.9. The van der Waals surface area contributed by atoms with Gasteiger partial charge in [-0.2, -0.15) is 0 Å². The Labute approximate surface area is 95.0 Å². The van der Waals surface area contributed by atoms with Gasteiger partial charge in [-0.3, -0.25) is 9.59 Å². The van der Waals surface area contributed by atoms with E-state index in [4.69, 9.17) is 14.2 Å². The van der Waals surface area contributed by atoms with E-state index in [-0.39, 0.29) is 25.4 Å². The first-order chi connectivity index (χ1) is 7.67. The van der Waals surface area contributed by atoms with Crippen molar-refractivity contribution in [2.45, 2.75) is 19.8 Å². The molecule has 1 fully saturated rings. The molecule has 0 aromatic carbocycles. The molecule has 16 heavy (non-hydrogen) atoms. The van der Waals surface area contributed by atoms with Gasteiger partial charge in [0.25, 0.3) is 0 Å². The second-order valence-electron chi connectivity index (χ2n) is 3.77. The number of methoxy groups -OCH3 is 1. The summed E-state index contributed by atoms with van der Waals surface area (Å²) in [5.41, 5.74) is -1.15. The predicted molar refractivity (Wildman–Crippen MR) is 56.0 cm³/mol. The number of esters is 1. The van der Waals surface area contributed by atoms with Crippen molar-refractivity contribution in [3.8, 4) is 0 Å². The summed E-state index contributed by atoms with van der Waals surface area (Å²) in [6.45, 7) is 2.81. The molecular weight excluding hydrogens is 212 g/mol. The van der Waals surface area contributed by atoms with Crippen LogP contribution in [0.4, 0.5) is 0 Å². The summed E-state index contributed by atoms with van der Waals surface area (Å²) < 4.78 is 15.1. The molecule has 1 aliphatic rings. The third-order valence-electron chi connectivity index (χ3n) is 2.75. The predicted octanol–water partition coefficient (Wildman–Crippen LogP) is 0.562. The molecule has 5 heteroatoms. The molecule has 0 saturated carbocycles. The number of hydrogen-bond acceptors (Lipinski definition) is 5. The Morgan fingerprint density at radius 3 is 2.88 bits per heavy atom. The van der Waals surface area contributed by atoms with Gasteiger partial charge in [0, 0.05) is 20.1 Å². The Morgan fingerprint density at radius 2 is 2.31 bits per heavy atom. The lowest BCUT2D eigenvalue weighted by atomic mass is 9.78. The molecule has 1 atom stereocenters. The Hall–Kier alpha value is -0.940. The lowest BCUT2D eigenvalue weighted by molar-refractivity contribution is -0.170. The summed E-state index contributed by atoms with van der Waals surface area (Å²) in [7, 11) is 1.53. The molecule has 1 rings (SSSR count). The molecular formula is C11H18O5. The van der Waals surface area contributed by atoms with Crippen molar-refractivity contribution in [2.24, 2.45) is 5.41 Å². The van der Waals surface area contributed by atoms with Crippen LogP contribution in [0.15, 0.2) is 0 Å². The van der Waals surface area contributed by atoms with E-state index < -0.39 is 11.4 Å². The van der Waals surface area contributed by atoms with Crippen LogP contribution in [0.1, 0.15) is 19.8 Å². The first-order valence-corrected chi connectivity index (χ1v) is 5.44. The van der Waals surface area contributed by atoms with E-state index in [9.17, 15) is 9.59 Å².